The van der Waals surface area contributed by atoms with Gasteiger partial charge >= 0.3 is 0 Å². The molecule has 0 aromatic heterocycles. The van der Waals surface area contributed by atoms with Crippen LogP contribution in [0.4, 0.5) is 10.1 Å². The minimum absolute atomic E-state index is 0.290. The van der Waals surface area contributed by atoms with E-state index in [1.54, 1.807) is 12.1 Å². The van der Waals surface area contributed by atoms with Gasteiger partial charge in [-0.1, -0.05) is 0 Å². The molecule has 2 rings (SSSR count). The fourth-order valence-corrected chi connectivity index (χ4v) is 1.84. The van der Waals surface area contributed by atoms with Crippen LogP contribution in [-0.2, 0) is 0 Å². The molecule has 1 saturated carbocycles. The maximum Gasteiger partial charge on any atom is 0.147 e. The van der Waals surface area contributed by atoms with E-state index >= 15 is 0 Å². The van der Waals surface area contributed by atoms with Gasteiger partial charge in [0.2, 0.25) is 0 Å². The Morgan fingerprint density at radius 2 is 2.25 bits per heavy atom. The number of halogens is 1. The summed E-state index contributed by atoms with van der Waals surface area (Å²) in [5, 5.41) is 8.67. The van der Waals surface area contributed by atoms with E-state index in [2.05, 4.69) is 0 Å². The van der Waals surface area contributed by atoms with Crippen molar-refractivity contribution in [2.75, 3.05) is 18.0 Å². The molecule has 0 radical (unpaired) electrons. The standard InChI is InChI=1S/C13H15FN2/c1-2-16(9-10-3-4-10)13-6-5-11(8-15)7-12(13)14/h5-7,10H,2-4,9H2,1H3. The van der Waals surface area contributed by atoms with Crippen molar-refractivity contribution in [2.45, 2.75) is 19.8 Å². The van der Waals surface area contributed by atoms with Crippen LogP contribution in [-0.4, -0.2) is 13.1 Å². The zero-order valence-corrected chi connectivity index (χ0v) is 9.41. The summed E-state index contributed by atoms with van der Waals surface area (Å²) in [7, 11) is 0. The third-order valence-corrected chi connectivity index (χ3v) is 2.97. The van der Waals surface area contributed by atoms with Crippen LogP contribution < -0.4 is 4.90 Å². The van der Waals surface area contributed by atoms with E-state index in [9.17, 15) is 4.39 Å². The molecule has 16 heavy (non-hydrogen) atoms. The molecule has 0 saturated heterocycles. The molecule has 1 fully saturated rings. The first-order valence-corrected chi connectivity index (χ1v) is 5.69. The lowest BCUT2D eigenvalue weighted by atomic mass is 10.2. The Bertz CT molecular complexity index is 418. The Labute approximate surface area is 95.3 Å². The Hall–Kier alpha value is -1.56. The first-order valence-electron chi connectivity index (χ1n) is 5.69. The van der Waals surface area contributed by atoms with Crippen LogP contribution in [0.25, 0.3) is 0 Å². The lowest BCUT2D eigenvalue weighted by Gasteiger charge is -2.23. The van der Waals surface area contributed by atoms with Gasteiger partial charge in [-0.2, -0.15) is 5.26 Å². The summed E-state index contributed by atoms with van der Waals surface area (Å²) in [5.41, 5.74) is 0.997. The van der Waals surface area contributed by atoms with Crippen LogP contribution in [0.2, 0.25) is 0 Å². The van der Waals surface area contributed by atoms with Crippen molar-refractivity contribution in [2.24, 2.45) is 5.92 Å². The highest BCUT2D eigenvalue weighted by atomic mass is 19.1. The van der Waals surface area contributed by atoms with Crippen molar-refractivity contribution in [3.63, 3.8) is 0 Å². The lowest BCUT2D eigenvalue weighted by molar-refractivity contribution is 0.613. The number of hydrogen-bond donors (Lipinski definition) is 0. The number of nitriles is 1. The van der Waals surface area contributed by atoms with Crippen molar-refractivity contribution in [3.8, 4) is 6.07 Å². The predicted octanol–water partition coefficient (Wildman–Crippen LogP) is 2.93. The average Bonchev–Trinajstić information content (AvgIpc) is 3.10. The summed E-state index contributed by atoms with van der Waals surface area (Å²) in [6, 6.07) is 6.64. The smallest absolute Gasteiger partial charge is 0.147 e. The van der Waals surface area contributed by atoms with Crippen LogP contribution in [0.15, 0.2) is 18.2 Å². The SMILES string of the molecule is CCN(CC1CC1)c1ccc(C#N)cc1F. The lowest BCUT2D eigenvalue weighted by Crippen LogP contribution is -2.26. The molecule has 0 atom stereocenters. The number of benzene rings is 1. The first kappa shape index (κ1) is 10.9. The van der Waals surface area contributed by atoms with Crippen molar-refractivity contribution < 1.29 is 4.39 Å². The van der Waals surface area contributed by atoms with E-state index in [0.29, 0.717) is 11.3 Å². The van der Waals surface area contributed by atoms with Crippen LogP contribution >= 0.6 is 0 Å². The van der Waals surface area contributed by atoms with Gasteiger partial charge in [0.1, 0.15) is 5.82 Å². The van der Waals surface area contributed by atoms with E-state index in [4.69, 9.17) is 5.26 Å². The maximum absolute atomic E-state index is 13.8. The maximum atomic E-state index is 13.8. The van der Waals surface area contributed by atoms with Crippen LogP contribution in [0.1, 0.15) is 25.3 Å². The summed E-state index contributed by atoms with van der Waals surface area (Å²) in [6.45, 7) is 3.76. The molecule has 1 aliphatic carbocycles. The zero-order valence-electron chi connectivity index (χ0n) is 9.41. The minimum atomic E-state index is -0.290. The largest absolute Gasteiger partial charge is 0.369 e. The monoisotopic (exact) mass is 218 g/mol. The van der Waals surface area contributed by atoms with E-state index in [0.717, 1.165) is 19.0 Å². The van der Waals surface area contributed by atoms with Crippen molar-refractivity contribution in [3.05, 3.63) is 29.6 Å². The molecule has 84 valence electrons. The molecule has 3 heteroatoms. The van der Waals surface area contributed by atoms with Crippen molar-refractivity contribution in [1.82, 2.24) is 0 Å². The van der Waals surface area contributed by atoms with Gasteiger partial charge in [-0.05, 0) is 43.9 Å². The van der Waals surface area contributed by atoms with Crippen LogP contribution in [0, 0.1) is 23.1 Å². The van der Waals surface area contributed by atoms with Gasteiger partial charge in [0.15, 0.2) is 0 Å². The number of anilines is 1. The van der Waals surface area contributed by atoms with Gasteiger partial charge in [-0.15, -0.1) is 0 Å². The summed E-state index contributed by atoms with van der Waals surface area (Å²) in [5.74, 6) is 0.441. The molecular weight excluding hydrogens is 203 g/mol. The molecule has 0 N–H and O–H groups in total. The molecule has 1 aromatic rings. The normalized spacial score (nSPS) is 14.6. The van der Waals surface area contributed by atoms with Crippen LogP contribution in [0.3, 0.4) is 0 Å². The number of hydrogen-bond acceptors (Lipinski definition) is 2. The molecule has 1 aromatic carbocycles. The Kier molecular flexibility index (Phi) is 3.09. The third kappa shape index (κ3) is 2.33. The molecule has 2 nitrogen and oxygen atoms in total. The first-order chi connectivity index (χ1) is 7.74. The highest BCUT2D eigenvalue weighted by molar-refractivity contribution is 5.51. The third-order valence-electron chi connectivity index (χ3n) is 2.97. The molecule has 1 aliphatic rings. The quantitative estimate of drug-likeness (QED) is 0.777. The molecule has 0 unspecified atom stereocenters. The van der Waals surface area contributed by atoms with E-state index < -0.39 is 0 Å². The highest BCUT2D eigenvalue weighted by Gasteiger charge is 2.24. The zero-order chi connectivity index (χ0) is 11.5. The number of rotatable bonds is 4. The molecular formula is C13H15FN2. The highest BCUT2D eigenvalue weighted by Crippen LogP contribution is 2.32. The van der Waals surface area contributed by atoms with Crippen LogP contribution in [0.5, 0.6) is 0 Å². The van der Waals surface area contributed by atoms with Crippen molar-refractivity contribution >= 4 is 5.69 Å². The van der Waals surface area contributed by atoms with E-state index in [-0.39, 0.29) is 5.82 Å². The topological polar surface area (TPSA) is 27.0 Å². The van der Waals surface area contributed by atoms with Gasteiger partial charge in [-0.25, -0.2) is 4.39 Å². The molecule has 0 aliphatic heterocycles. The second kappa shape index (κ2) is 4.52. The van der Waals surface area contributed by atoms with Gasteiger partial charge < -0.3 is 4.90 Å². The second-order valence-corrected chi connectivity index (χ2v) is 4.26. The van der Waals surface area contributed by atoms with E-state index in [1.807, 2.05) is 17.9 Å². The van der Waals surface area contributed by atoms with Crippen molar-refractivity contribution in [1.29, 1.82) is 5.26 Å². The fourth-order valence-electron chi connectivity index (χ4n) is 1.84. The predicted molar refractivity (Wildman–Crippen MR) is 61.7 cm³/mol. The second-order valence-electron chi connectivity index (χ2n) is 4.26. The fraction of sp³-hybridized carbons (Fsp3) is 0.462. The summed E-state index contributed by atoms with van der Waals surface area (Å²) in [6.07, 6.45) is 2.52. The Morgan fingerprint density at radius 1 is 1.50 bits per heavy atom. The summed E-state index contributed by atoms with van der Waals surface area (Å²) >= 11 is 0. The Morgan fingerprint density at radius 3 is 2.75 bits per heavy atom. The van der Waals surface area contributed by atoms with Gasteiger partial charge in [0.05, 0.1) is 17.3 Å². The minimum Gasteiger partial charge on any atom is -0.369 e. The van der Waals surface area contributed by atoms with Gasteiger partial charge in [-0.3, -0.25) is 0 Å². The summed E-state index contributed by atoms with van der Waals surface area (Å²) < 4.78 is 13.8. The summed E-state index contributed by atoms with van der Waals surface area (Å²) in [4.78, 5) is 2.05. The molecule has 0 heterocycles. The van der Waals surface area contributed by atoms with Gasteiger partial charge in [0, 0.05) is 13.1 Å². The Balaban J connectivity index is 2.20. The number of nitrogens with zero attached hydrogens (tertiary/aromatic N) is 2. The van der Waals surface area contributed by atoms with E-state index in [1.165, 1.54) is 18.9 Å². The molecule has 0 spiro atoms. The molecule has 0 amide bonds. The average molecular weight is 218 g/mol. The van der Waals surface area contributed by atoms with Gasteiger partial charge in [0.25, 0.3) is 0 Å². The molecule has 0 bridgehead atoms.